The molecule has 1 aromatic rings. The van der Waals surface area contributed by atoms with E-state index in [9.17, 15) is 10.1 Å². The number of carbonyl (C=O) groups excluding carboxylic acids is 1. The summed E-state index contributed by atoms with van der Waals surface area (Å²) in [7, 11) is 4.04. The SMILES string of the molecule is Cc1ccc(NC(=O)NCC[N+](C)(C)CC[CH-][OH+][O-])cc1OC#N. The normalized spacial score (nSPS) is 10.8. The van der Waals surface area contributed by atoms with Gasteiger partial charge < -0.3 is 30.0 Å². The predicted molar refractivity (Wildman–Crippen MR) is 87.8 cm³/mol. The largest absolute Gasteiger partial charge is 0.588 e. The van der Waals surface area contributed by atoms with Crippen molar-refractivity contribution in [2.75, 3.05) is 39.0 Å². The van der Waals surface area contributed by atoms with Crippen molar-refractivity contribution in [2.45, 2.75) is 13.3 Å². The lowest BCUT2D eigenvalue weighted by atomic mass is 10.2. The first-order chi connectivity index (χ1) is 11.4. The Bertz CT molecular complexity index is 584. The summed E-state index contributed by atoms with van der Waals surface area (Å²) in [6.45, 7) is 5.13. The first-order valence-corrected chi connectivity index (χ1v) is 7.55. The molecule has 0 bridgehead atoms. The number of nitrogens with zero attached hydrogens (tertiary/aromatic N) is 2. The maximum absolute atomic E-state index is 11.9. The number of anilines is 1. The quantitative estimate of drug-likeness (QED) is 0.133. The summed E-state index contributed by atoms with van der Waals surface area (Å²) >= 11 is 0. The molecule has 3 N–H and O–H groups in total. The third-order valence-corrected chi connectivity index (χ3v) is 3.54. The van der Waals surface area contributed by atoms with Gasteiger partial charge in [0.15, 0.2) is 0 Å². The average molecular weight is 336 g/mol. The average Bonchev–Trinajstić information content (AvgIpc) is 2.51. The van der Waals surface area contributed by atoms with Crippen molar-refractivity contribution in [2.24, 2.45) is 0 Å². The molecule has 0 unspecified atom stereocenters. The minimum Gasteiger partial charge on any atom is -0.588 e. The number of benzene rings is 1. The Labute approximate surface area is 142 Å². The van der Waals surface area contributed by atoms with E-state index in [-0.39, 0.29) is 6.03 Å². The molecule has 0 fully saturated rings. The van der Waals surface area contributed by atoms with E-state index in [1.165, 1.54) is 6.61 Å². The number of aryl methyl sites for hydroxylation is 1. The Morgan fingerprint density at radius 3 is 2.88 bits per heavy atom. The molecule has 0 saturated heterocycles. The van der Waals surface area contributed by atoms with Crippen molar-refractivity contribution >= 4 is 11.7 Å². The van der Waals surface area contributed by atoms with Gasteiger partial charge in [-0.3, -0.25) is 0 Å². The molecule has 0 aromatic heterocycles. The highest BCUT2D eigenvalue weighted by atomic mass is 17.1. The Balaban J connectivity index is 2.41. The zero-order valence-electron chi connectivity index (χ0n) is 14.2. The fourth-order valence-corrected chi connectivity index (χ4v) is 2.06. The molecule has 0 aliphatic rings. The summed E-state index contributed by atoms with van der Waals surface area (Å²) in [5, 5.41) is 24.1. The van der Waals surface area contributed by atoms with Crippen molar-refractivity contribution in [1.82, 2.24) is 5.32 Å². The van der Waals surface area contributed by atoms with Gasteiger partial charge in [-0.05, 0) is 25.2 Å². The van der Waals surface area contributed by atoms with Crippen molar-refractivity contribution in [3.8, 4) is 12.0 Å². The van der Waals surface area contributed by atoms with Gasteiger partial charge in [0.1, 0.15) is 5.75 Å². The van der Waals surface area contributed by atoms with Crippen LogP contribution in [-0.4, -0.2) is 49.1 Å². The monoisotopic (exact) mass is 336 g/mol. The zero-order valence-corrected chi connectivity index (χ0v) is 14.2. The number of rotatable bonds is 9. The Kier molecular flexibility index (Phi) is 7.98. The minimum atomic E-state index is -0.331. The van der Waals surface area contributed by atoms with Gasteiger partial charge in [-0.15, -0.1) is 5.26 Å². The number of nitrogens with one attached hydrogen (secondary N) is 2. The van der Waals surface area contributed by atoms with Gasteiger partial charge >= 0.3 is 6.03 Å². The number of hydrogen-bond acceptors (Lipinski definition) is 4. The number of quaternary nitrogens is 1. The van der Waals surface area contributed by atoms with Crippen molar-refractivity contribution < 1.29 is 24.2 Å². The van der Waals surface area contributed by atoms with Crippen LogP contribution in [0.3, 0.4) is 0 Å². The number of aliphatic hydroxyl groups is 1. The van der Waals surface area contributed by atoms with Crippen LogP contribution in [0.15, 0.2) is 18.2 Å². The van der Waals surface area contributed by atoms with Crippen molar-refractivity contribution in [3.63, 3.8) is 0 Å². The van der Waals surface area contributed by atoms with Crippen LogP contribution in [0.2, 0.25) is 0 Å². The van der Waals surface area contributed by atoms with Gasteiger partial charge in [0.2, 0.25) is 0 Å². The second-order valence-corrected chi connectivity index (χ2v) is 6.01. The van der Waals surface area contributed by atoms with Crippen LogP contribution in [0.25, 0.3) is 0 Å². The molecule has 0 atom stereocenters. The fraction of sp³-hybridized carbons (Fsp3) is 0.438. The molecule has 0 spiro atoms. The van der Waals surface area contributed by atoms with E-state index in [4.69, 9.17) is 10.00 Å². The van der Waals surface area contributed by atoms with Gasteiger partial charge in [0.05, 0.1) is 33.7 Å². The molecular formula is C16H24N4O4. The van der Waals surface area contributed by atoms with E-state index >= 15 is 0 Å². The molecule has 0 aliphatic carbocycles. The van der Waals surface area contributed by atoms with Crippen LogP contribution in [-0.2, 0) is 0 Å². The zero-order chi connectivity index (χ0) is 18.0. The second-order valence-electron chi connectivity index (χ2n) is 6.01. The molecule has 0 saturated carbocycles. The number of carbonyl (C=O) groups is 1. The van der Waals surface area contributed by atoms with Crippen molar-refractivity contribution in [3.05, 3.63) is 30.4 Å². The summed E-state index contributed by atoms with van der Waals surface area (Å²) in [4.78, 5) is 14.6. The maximum atomic E-state index is 11.9. The fourth-order valence-electron chi connectivity index (χ4n) is 2.06. The highest BCUT2D eigenvalue weighted by molar-refractivity contribution is 5.89. The first kappa shape index (κ1) is 19.7. The van der Waals surface area contributed by atoms with Gasteiger partial charge in [-0.1, -0.05) is 12.5 Å². The summed E-state index contributed by atoms with van der Waals surface area (Å²) in [5.74, 6) is 0.410. The lowest BCUT2D eigenvalue weighted by molar-refractivity contribution is -0.889. The first-order valence-electron chi connectivity index (χ1n) is 7.55. The van der Waals surface area contributed by atoms with Gasteiger partial charge in [-0.2, -0.15) is 0 Å². The maximum Gasteiger partial charge on any atom is 0.319 e. The molecular weight excluding hydrogens is 312 g/mol. The minimum absolute atomic E-state index is 0.331. The van der Waals surface area contributed by atoms with Crippen LogP contribution < -0.4 is 20.6 Å². The molecule has 132 valence electrons. The summed E-state index contributed by atoms with van der Waals surface area (Å²) in [6, 6.07) is 4.77. The van der Waals surface area contributed by atoms with Crippen LogP contribution >= 0.6 is 0 Å². The van der Waals surface area contributed by atoms with Crippen molar-refractivity contribution in [1.29, 1.82) is 5.26 Å². The molecule has 24 heavy (non-hydrogen) atoms. The van der Waals surface area contributed by atoms with E-state index in [0.717, 1.165) is 18.7 Å². The third kappa shape index (κ3) is 7.28. The van der Waals surface area contributed by atoms with E-state index in [1.807, 2.05) is 21.0 Å². The highest BCUT2D eigenvalue weighted by Crippen LogP contribution is 2.22. The smallest absolute Gasteiger partial charge is 0.319 e. The number of amides is 2. The lowest BCUT2D eigenvalue weighted by Crippen LogP contribution is -2.46. The van der Waals surface area contributed by atoms with Crippen LogP contribution in [0.5, 0.6) is 5.75 Å². The van der Waals surface area contributed by atoms with Crippen LogP contribution in [0.4, 0.5) is 10.5 Å². The predicted octanol–water partition coefficient (Wildman–Crippen LogP) is 0.974. The molecule has 1 aromatic carbocycles. The van der Waals surface area contributed by atoms with Gasteiger partial charge in [0, 0.05) is 11.8 Å². The van der Waals surface area contributed by atoms with E-state index in [2.05, 4.69) is 15.5 Å². The standard InChI is InChI=1S/C16H24N4O4/c1-13-5-6-14(11-15(13)23-12-17)19-16(21)18-7-9-20(2,3)8-4-10-24-22/h5-6,10-11,24H,4,7-9H2,1-3H3,(H2,18,19,21). The second kappa shape index (κ2) is 9.72. The lowest BCUT2D eigenvalue weighted by Gasteiger charge is -2.31. The van der Waals surface area contributed by atoms with Crippen LogP contribution in [0.1, 0.15) is 12.0 Å². The number of likely N-dealkylation sites (N-methyl/N-ethyl adjacent to an activating group) is 1. The third-order valence-electron chi connectivity index (χ3n) is 3.54. The number of hydrogen-bond donors (Lipinski definition) is 2. The summed E-state index contributed by atoms with van der Waals surface area (Å²) in [5.41, 5.74) is 1.35. The molecule has 2 amide bonds. The Morgan fingerprint density at radius 1 is 1.46 bits per heavy atom. The van der Waals surface area contributed by atoms with E-state index in [0.29, 0.717) is 28.9 Å². The van der Waals surface area contributed by atoms with Crippen LogP contribution in [0, 0.1) is 25.0 Å². The van der Waals surface area contributed by atoms with E-state index in [1.54, 1.807) is 24.5 Å². The number of urea groups is 1. The molecule has 0 heterocycles. The Hall–Kier alpha value is -2.34. The number of ether oxygens (including phenoxy) is 1. The molecule has 0 aliphatic heterocycles. The molecule has 0 radical (unpaired) electrons. The molecule has 8 nitrogen and oxygen atoms in total. The highest BCUT2D eigenvalue weighted by Gasteiger charge is 2.13. The number of nitriles is 1. The topological polar surface area (TPSA) is 110 Å². The summed E-state index contributed by atoms with van der Waals surface area (Å²) in [6.07, 6.45) is 2.22. The van der Waals surface area contributed by atoms with Gasteiger partial charge in [0.25, 0.3) is 6.26 Å². The van der Waals surface area contributed by atoms with E-state index < -0.39 is 0 Å². The molecule has 1 rings (SSSR count). The Morgan fingerprint density at radius 2 is 2.21 bits per heavy atom. The summed E-state index contributed by atoms with van der Waals surface area (Å²) < 4.78 is 5.49. The van der Waals surface area contributed by atoms with Gasteiger partial charge in [-0.25, -0.2) is 4.79 Å². The molecule has 8 heteroatoms.